The van der Waals surface area contributed by atoms with Crippen LogP contribution >= 0.6 is 12.4 Å². The van der Waals surface area contributed by atoms with Crippen molar-refractivity contribution >= 4 is 18.3 Å². The predicted molar refractivity (Wildman–Crippen MR) is 48.5 cm³/mol. The van der Waals surface area contributed by atoms with E-state index in [1.165, 1.54) is 0 Å². The first-order valence-electron chi connectivity index (χ1n) is 3.31. The molecule has 0 fully saturated rings. The molecule has 0 aliphatic heterocycles. The molecule has 0 aliphatic carbocycles. The van der Waals surface area contributed by atoms with Gasteiger partial charge in [-0.05, 0) is 13.3 Å². The Balaban J connectivity index is 0. The minimum Gasteiger partial charge on any atom is -0.366 e. The van der Waals surface area contributed by atoms with Gasteiger partial charge in [-0.15, -0.1) is 12.4 Å². The van der Waals surface area contributed by atoms with Gasteiger partial charge in [-0.25, -0.2) is 0 Å². The van der Waals surface area contributed by atoms with Gasteiger partial charge >= 0.3 is 0 Å². The fourth-order valence-electron chi connectivity index (χ4n) is 0.521. The summed E-state index contributed by atoms with van der Waals surface area (Å²) < 4.78 is 0. The van der Waals surface area contributed by atoms with E-state index in [1.807, 2.05) is 6.92 Å². The van der Waals surface area contributed by atoms with Crippen molar-refractivity contribution in [3.63, 3.8) is 0 Å². The molecular weight excluding hydrogens is 164 g/mol. The number of halogens is 1. The Hall–Kier alpha value is -0.540. The molecule has 0 bridgehead atoms. The number of hydrogen-bond acceptors (Lipinski definition) is 2. The van der Waals surface area contributed by atoms with E-state index in [2.05, 4.69) is 0 Å². The second-order valence-corrected chi connectivity index (χ2v) is 2.29. The second kappa shape index (κ2) is 6.19. The Bertz CT molecular complexity index is 157. The monoisotopic (exact) mass is 178 g/mol. The average Bonchev–Trinajstić information content (AvgIpc) is 1.87. The number of amides is 1. The van der Waals surface area contributed by atoms with Crippen LogP contribution in [0, 0.1) is 0 Å². The molecule has 1 unspecified atom stereocenters. The third-order valence-electron chi connectivity index (χ3n) is 1.32. The fourth-order valence-corrected chi connectivity index (χ4v) is 0.521. The first kappa shape index (κ1) is 13.1. The smallest absolute Gasteiger partial charge is 0.244 e. The van der Waals surface area contributed by atoms with E-state index in [0.717, 1.165) is 6.42 Å². The molecule has 0 aromatic heterocycles. The van der Waals surface area contributed by atoms with Gasteiger partial charge in [0.1, 0.15) is 0 Å². The van der Waals surface area contributed by atoms with Crippen LogP contribution < -0.4 is 11.5 Å². The first-order valence-corrected chi connectivity index (χ1v) is 3.31. The minimum absolute atomic E-state index is 0. The van der Waals surface area contributed by atoms with Crippen molar-refractivity contribution in [1.29, 1.82) is 0 Å². The topological polar surface area (TPSA) is 69.1 Å². The third kappa shape index (κ3) is 5.88. The maximum absolute atomic E-state index is 10.4. The van der Waals surface area contributed by atoms with E-state index in [0.29, 0.717) is 5.57 Å². The van der Waals surface area contributed by atoms with E-state index in [-0.39, 0.29) is 18.4 Å². The molecule has 4 heteroatoms. The number of nitrogens with two attached hydrogens (primary N) is 2. The second-order valence-electron chi connectivity index (χ2n) is 2.29. The van der Waals surface area contributed by atoms with E-state index in [4.69, 9.17) is 11.5 Å². The molecule has 0 saturated heterocycles. The van der Waals surface area contributed by atoms with Crippen LogP contribution in [0.15, 0.2) is 11.6 Å². The van der Waals surface area contributed by atoms with Gasteiger partial charge < -0.3 is 11.5 Å². The summed E-state index contributed by atoms with van der Waals surface area (Å²) in [5.41, 5.74) is 11.0. The molecular formula is C7H15ClN2O. The quantitative estimate of drug-likeness (QED) is 0.621. The highest BCUT2D eigenvalue weighted by atomic mass is 35.5. The zero-order valence-electron chi connectivity index (χ0n) is 6.83. The highest BCUT2D eigenvalue weighted by molar-refractivity contribution is 5.91. The van der Waals surface area contributed by atoms with Crippen LogP contribution in [0.2, 0.25) is 0 Å². The Morgan fingerprint density at radius 2 is 2.09 bits per heavy atom. The molecule has 0 heterocycles. The lowest BCUT2D eigenvalue weighted by atomic mass is 10.1. The molecule has 1 atom stereocenters. The Morgan fingerprint density at radius 1 is 1.64 bits per heavy atom. The summed E-state index contributed by atoms with van der Waals surface area (Å²) in [7, 11) is 0. The SMILES string of the molecule is CCC(N)/C=C(\C)C(N)=O.Cl. The largest absolute Gasteiger partial charge is 0.366 e. The van der Waals surface area contributed by atoms with E-state index in [1.54, 1.807) is 13.0 Å². The molecule has 0 aromatic carbocycles. The highest BCUT2D eigenvalue weighted by Gasteiger charge is 1.99. The van der Waals surface area contributed by atoms with Gasteiger partial charge in [-0.1, -0.05) is 13.0 Å². The molecule has 0 spiro atoms. The normalized spacial score (nSPS) is 13.5. The third-order valence-corrected chi connectivity index (χ3v) is 1.32. The van der Waals surface area contributed by atoms with E-state index >= 15 is 0 Å². The van der Waals surface area contributed by atoms with Crippen molar-refractivity contribution < 1.29 is 4.79 Å². The maximum atomic E-state index is 10.4. The van der Waals surface area contributed by atoms with Crippen LogP contribution in [0.1, 0.15) is 20.3 Å². The predicted octanol–water partition coefficient (Wildman–Crippen LogP) is 0.577. The van der Waals surface area contributed by atoms with Crippen molar-refractivity contribution in [3.8, 4) is 0 Å². The van der Waals surface area contributed by atoms with Gasteiger partial charge in [0.2, 0.25) is 5.91 Å². The van der Waals surface area contributed by atoms with Crippen LogP contribution in [0.4, 0.5) is 0 Å². The molecule has 66 valence electrons. The van der Waals surface area contributed by atoms with Crippen molar-refractivity contribution in [3.05, 3.63) is 11.6 Å². The van der Waals surface area contributed by atoms with Crippen molar-refractivity contribution in [2.24, 2.45) is 11.5 Å². The van der Waals surface area contributed by atoms with Gasteiger partial charge in [-0.2, -0.15) is 0 Å². The summed E-state index contributed by atoms with van der Waals surface area (Å²) in [4.78, 5) is 10.4. The van der Waals surface area contributed by atoms with Gasteiger partial charge in [0, 0.05) is 11.6 Å². The van der Waals surface area contributed by atoms with E-state index < -0.39 is 5.91 Å². The van der Waals surface area contributed by atoms with Crippen molar-refractivity contribution in [2.45, 2.75) is 26.3 Å². The van der Waals surface area contributed by atoms with Gasteiger partial charge in [0.15, 0.2) is 0 Å². The fraction of sp³-hybridized carbons (Fsp3) is 0.571. The molecule has 3 nitrogen and oxygen atoms in total. The van der Waals surface area contributed by atoms with Crippen molar-refractivity contribution in [1.82, 2.24) is 0 Å². The molecule has 4 N–H and O–H groups in total. The van der Waals surface area contributed by atoms with Crippen molar-refractivity contribution in [2.75, 3.05) is 0 Å². The lowest BCUT2D eigenvalue weighted by molar-refractivity contribution is -0.114. The summed E-state index contributed by atoms with van der Waals surface area (Å²) in [6, 6.07) is -0.0486. The standard InChI is InChI=1S/C7H14N2O.ClH/c1-3-6(8)4-5(2)7(9)10;/h4,6H,3,8H2,1-2H3,(H2,9,10);1H/b5-4+;. The summed E-state index contributed by atoms with van der Waals surface area (Å²) in [6.07, 6.45) is 2.51. The molecule has 0 rings (SSSR count). The summed E-state index contributed by atoms with van der Waals surface area (Å²) >= 11 is 0. The average molecular weight is 179 g/mol. The van der Waals surface area contributed by atoms with Crippen LogP contribution in [-0.4, -0.2) is 11.9 Å². The molecule has 11 heavy (non-hydrogen) atoms. The molecule has 0 aromatic rings. The molecule has 0 aliphatic rings. The molecule has 0 saturated carbocycles. The molecule has 0 radical (unpaired) electrons. The van der Waals surface area contributed by atoms with E-state index in [9.17, 15) is 4.79 Å². The Kier molecular flexibility index (Phi) is 7.36. The van der Waals surface area contributed by atoms with Gasteiger partial charge in [-0.3, -0.25) is 4.79 Å². The number of carbonyl (C=O) groups is 1. The van der Waals surface area contributed by atoms with Gasteiger partial charge in [0.25, 0.3) is 0 Å². The maximum Gasteiger partial charge on any atom is 0.244 e. The lowest BCUT2D eigenvalue weighted by Crippen LogP contribution is -2.19. The zero-order valence-corrected chi connectivity index (χ0v) is 7.65. The lowest BCUT2D eigenvalue weighted by Gasteiger charge is -2.01. The highest BCUT2D eigenvalue weighted by Crippen LogP contribution is 1.95. The minimum atomic E-state index is -0.399. The molecule has 1 amide bonds. The first-order chi connectivity index (χ1) is 4.57. The summed E-state index contributed by atoms with van der Waals surface area (Å²) in [6.45, 7) is 3.62. The number of carbonyl (C=O) groups excluding carboxylic acids is 1. The van der Waals surface area contributed by atoms with Crippen LogP contribution in [-0.2, 0) is 4.79 Å². The van der Waals surface area contributed by atoms with Crippen LogP contribution in [0.3, 0.4) is 0 Å². The Labute approximate surface area is 73.2 Å². The Morgan fingerprint density at radius 3 is 2.36 bits per heavy atom. The number of primary amides is 1. The number of rotatable bonds is 3. The summed E-state index contributed by atoms with van der Waals surface area (Å²) in [5.74, 6) is -0.399. The van der Waals surface area contributed by atoms with Crippen LogP contribution in [0.5, 0.6) is 0 Å². The zero-order chi connectivity index (χ0) is 8.15. The van der Waals surface area contributed by atoms with Gasteiger partial charge in [0.05, 0.1) is 0 Å². The number of hydrogen-bond donors (Lipinski definition) is 2. The summed E-state index contributed by atoms with van der Waals surface area (Å²) in [5, 5.41) is 0. The van der Waals surface area contributed by atoms with Crippen LogP contribution in [0.25, 0.3) is 0 Å².